The van der Waals surface area contributed by atoms with Crippen molar-refractivity contribution in [2.45, 2.75) is 107 Å². The molecule has 54 heavy (non-hydrogen) atoms. The van der Waals surface area contributed by atoms with Gasteiger partial charge in [0.1, 0.15) is 24.4 Å². The van der Waals surface area contributed by atoms with E-state index < -0.39 is 41.3 Å². The second-order valence-electron chi connectivity index (χ2n) is 13.7. The molecular formula is C39H53IN2O12. The number of carbonyl (C=O) groups is 6. The fraction of sp³-hybridized carbons (Fsp3) is 0.487. The van der Waals surface area contributed by atoms with Gasteiger partial charge in [0.2, 0.25) is 0 Å². The van der Waals surface area contributed by atoms with Crippen LogP contribution in [0.15, 0.2) is 35.9 Å². The van der Waals surface area contributed by atoms with Crippen molar-refractivity contribution in [1.82, 2.24) is 0 Å². The van der Waals surface area contributed by atoms with E-state index in [1.54, 1.807) is 86.6 Å². The highest BCUT2D eigenvalue weighted by Gasteiger charge is 2.24. The van der Waals surface area contributed by atoms with Crippen LogP contribution >= 0.6 is 22.6 Å². The van der Waals surface area contributed by atoms with Gasteiger partial charge in [-0.05, 0) is 133 Å². The molecule has 2 aromatic carbocycles. The van der Waals surface area contributed by atoms with Crippen molar-refractivity contribution in [3.63, 3.8) is 0 Å². The number of anilines is 2. The molecule has 0 aliphatic carbocycles. The number of halogens is 1. The predicted molar refractivity (Wildman–Crippen MR) is 212 cm³/mol. The number of benzene rings is 2. The second kappa shape index (κ2) is 21.9. The average Bonchev–Trinajstić information content (AvgIpc) is 3.01. The van der Waals surface area contributed by atoms with Gasteiger partial charge in [-0.3, -0.25) is 25.0 Å². The fourth-order valence-electron chi connectivity index (χ4n) is 4.42. The zero-order valence-electron chi connectivity index (χ0n) is 33.2. The van der Waals surface area contributed by atoms with Crippen LogP contribution in [0.2, 0.25) is 0 Å². The van der Waals surface area contributed by atoms with E-state index in [2.05, 4.69) is 33.2 Å². The molecule has 2 rings (SSSR count). The molecule has 0 unspecified atom stereocenters. The number of carbonyl (C=O) groups excluding carboxylic acids is 6. The minimum atomic E-state index is -0.707. The Hall–Kier alpha value is -4.67. The standard InChI is InChI=1S/C24H33NO8.C15H20INO4/c1-8-30-21(27)13-18(22(28)31-9-2)19(14-32-16(4)26)17-10-11-20(15(3)12-17)25-23(29)33-24(5,6)7;1-9-11(8-20-10(2)18)12(16)6-7-13(9)17-14(19)21-15(3,4)5/h10-12H,8-9,13-14H2,1-7H3,(H,25,29);6-7H,8H2,1-5H3,(H,17,19). The molecule has 2 N–H and O–H groups in total. The Balaban J connectivity index is 0.000000596. The molecule has 0 atom stereocenters. The molecule has 0 radical (unpaired) electrons. The monoisotopic (exact) mass is 868 g/mol. The van der Waals surface area contributed by atoms with Crippen molar-refractivity contribution in [1.29, 1.82) is 0 Å². The van der Waals surface area contributed by atoms with Gasteiger partial charge in [0.15, 0.2) is 0 Å². The van der Waals surface area contributed by atoms with Gasteiger partial charge in [0, 0.05) is 39.9 Å². The molecule has 0 fully saturated rings. The Morgan fingerprint density at radius 1 is 0.704 bits per heavy atom. The summed E-state index contributed by atoms with van der Waals surface area (Å²) in [6.45, 7) is 20.4. The number of nitrogens with one attached hydrogen (secondary N) is 2. The normalized spacial score (nSPS) is 11.4. The van der Waals surface area contributed by atoms with Crippen molar-refractivity contribution in [3.8, 4) is 0 Å². The molecule has 0 spiro atoms. The molecule has 0 aromatic heterocycles. The SMILES string of the molecule is CC(=O)OCc1c(I)ccc(NC(=O)OC(C)(C)C)c1C.CCOC(=O)CC(C(=O)OCC)=C(COC(C)=O)c1ccc(NC(=O)OC(C)(C)C)c(C)c1. The molecule has 298 valence electrons. The number of hydrogen-bond donors (Lipinski definition) is 2. The third kappa shape index (κ3) is 17.9. The van der Waals surface area contributed by atoms with E-state index in [1.165, 1.54) is 13.8 Å². The van der Waals surface area contributed by atoms with Crippen LogP contribution in [0.25, 0.3) is 5.57 Å². The minimum Gasteiger partial charge on any atom is -0.466 e. The maximum atomic E-state index is 12.7. The number of aryl methyl sites for hydroxylation is 1. The molecule has 0 bridgehead atoms. The Kier molecular flexibility index (Phi) is 19.2. The summed E-state index contributed by atoms with van der Waals surface area (Å²) in [6.07, 6.45) is -1.46. The van der Waals surface area contributed by atoms with Crippen LogP contribution in [0.3, 0.4) is 0 Å². The topological polar surface area (TPSA) is 182 Å². The van der Waals surface area contributed by atoms with E-state index in [0.717, 1.165) is 14.7 Å². The van der Waals surface area contributed by atoms with Gasteiger partial charge in [0.05, 0.1) is 25.2 Å². The summed E-state index contributed by atoms with van der Waals surface area (Å²) in [6, 6.07) is 8.64. The summed E-state index contributed by atoms with van der Waals surface area (Å²) < 4.78 is 31.8. The molecular weight excluding hydrogens is 815 g/mol. The summed E-state index contributed by atoms with van der Waals surface area (Å²) >= 11 is 2.17. The lowest BCUT2D eigenvalue weighted by Gasteiger charge is -2.21. The van der Waals surface area contributed by atoms with Crippen LogP contribution in [0.1, 0.15) is 97.9 Å². The zero-order valence-corrected chi connectivity index (χ0v) is 35.4. The average molecular weight is 869 g/mol. The number of hydrogen-bond acceptors (Lipinski definition) is 12. The largest absolute Gasteiger partial charge is 0.466 e. The predicted octanol–water partition coefficient (Wildman–Crippen LogP) is 8.18. The molecule has 0 aliphatic heterocycles. The lowest BCUT2D eigenvalue weighted by Crippen LogP contribution is -2.27. The van der Waals surface area contributed by atoms with Crippen LogP contribution < -0.4 is 10.6 Å². The maximum Gasteiger partial charge on any atom is 0.412 e. The van der Waals surface area contributed by atoms with E-state index >= 15 is 0 Å². The third-order valence-corrected chi connectivity index (χ3v) is 7.75. The van der Waals surface area contributed by atoms with Crippen LogP contribution in [0.4, 0.5) is 21.0 Å². The Labute approximate surface area is 331 Å². The lowest BCUT2D eigenvalue weighted by molar-refractivity contribution is -0.145. The highest BCUT2D eigenvalue weighted by atomic mass is 127. The van der Waals surface area contributed by atoms with E-state index in [-0.39, 0.29) is 44.4 Å². The summed E-state index contributed by atoms with van der Waals surface area (Å²) in [7, 11) is 0. The fourth-order valence-corrected chi connectivity index (χ4v) is 5.16. The number of esters is 4. The van der Waals surface area contributed by atoms with Gasteiger partial charge in [-0.2, -0.15) is 0 Å². The number of ether oxygens (including phenoxy) is 6. The second-order valence-corrected chi connectivity index (χ2v) is 14.9. The highest BCUT2D eigenvalue weighted by molar-refractivity contribution is 14.1. The van der Waals surface area contributed by atoms with Crippen LogP contribution in [-0.4, -0.2) is 67.1 Å². The van der Waals surface area contributed by atoms with E-state index in [0.29, 0.717) is 28.1 Å². The van der Waals surface area contributed by atoms with Gasteiger partial charge in [-0.25, -0.2) is 14.4 Å². The quantitative estimate of drug-likeness (QED) is 0.0905. The first-order valence-electron chi connectivity index (χ1n) is 17.2. The van der Waals surface area contributed by atoms with Crippen LogP contribution in [0.5, 0.6) is 0 Å². The molecule has 14 nitrogen and oxygen atoms in total. The van der Waals surface area contributed by atoms with Gasteiger partial charge in [0.25, 0.3) is 0 Å². The molecule has 2 amide bonds. The summed E-state index contributed by atoms with van der Waals surface area (Å²) in [5.41, 5.74) is 3.20. The smallest absolute Gasteiger partial charge is 0.412 e. The van der Waals surface area contributed by atoms with Crippen molar-refractivity contribution in [2.24, 2.45) is 0 Å². The summed E-state index contributed by atoms with van der Waals surface area (Å²) in [5, 5.41) is 5.39. The maximum absolute atomic E-state index is 12.7. The minimum absolute atomic E-state index is 0.0313. The molecule has 15 heteroatoms. The van der Waals surface area contributed by atoms with Gasteiger partial charge in [-0.1, -0.05) is 6.07 Å². The van der Waals surface area contributed by atoms with Gasteiger partial charge >= 0.3 is 36.1 Å². The van der Waals surface area contributed by atoms with Gasteiger partial charge < -0.3 is 28.4 Å². The van der Waals surface area contributed by atoms with E-state index in [9.17, 15) is 28.8 Å². The molecule has 0 saturated heterocycles. The molecule has 0 aliphatic rings. The number of rotatable bonds is 12. The Morgan fingerprint density at radius 2 is 1.22 bits per heavy atom. The number of amides is 2. The zero-order chi connectivity index (χ0) is 41.4. The van der Waals surface area contributed by atoms with Gasteiger partial charge in [-0.15, -0.1) is 0 Å². The van der Waals surface area contributed by atoms with Crippen LogP contribution in [-0.2, 0) is 54.2 Å². The first-order valence-corrected chi connectivity index (χ1v) is 18.3. The summed E-state index contributed by atoms with van der Waals surface area (Å²) in [4.78, 5) is 71.2. The first kappa shape index (κ1) is 47.4. The van der Waals surface area contributed by atoms with Crippen molar-refractivity contribution in [2.75, 3.05) is 30.5 Å². The molecule has 0 saturated carbocycles. The van der Waals surface area contributed by atoms with Crippen molar-refractivity contribution in [3.05, 3.63) is 61.7 Å². The molecule has 0 heterocycles. The molecule has 2 aromatic rings. The van der Waals surface area contributed by atoms with Crippen LogP contribution in [0, 0.1) is 17.4 Å². The summed E-state index contributed by atoms with van der Waals surface area (Å²) in [5.74, 6) is -2.20. The third-order valence-electron chi connectivity index (χ3n) is 6.74. The van der Waals surface area contributed by atoms with E-state index in [4.69, 9.17) is 28.4 Å². The Bertz CT molecular complexity index is 1700. The first-order chi connectivity index (χ1) is 25.0. The van der Waals surface area contributed by atoms with E-state index in [1.807, 2.05) is 13.0 Å². The van der Waals surface area contributed by atoms with Crippen molar-refractivity contribution < 1.29 is 57.2 Å². The highest BCUT2D eigenvalue weighted by Crippen LogP contribution is 2.28. The Morgan fingerprint density at radius 3 is 1.70 bits per heavy atom. The van der Waals surface area contributed by atoms with Crippen molar-refractivity contribution >= 4 is 75.6 Å². The lowest BCUT2D eigenvalue weighted by atomic mass is 9.96.